The van der Waals surface area contributed by atoms with Gasteiger partial charge in [-0.2, -0.15) is 0 Å². The van der Waals surface area contributed by atoms with E-state index >= 15 is 0 Å². The Kier molecular flexibility index (Phi) is 4.57. The van der Waals surface area contributed by atoms with Gasteiger partial charge >= 0.3 is 0 Å². The van der Waals surface area contributed by atoms with Gasteiger partial charge in [-0.25, -0.2) is 0 Å². The van der Waals surface area contributed by atoms with Crippen molar-refractivity contribution in [2.45, 2.75) is 17.9 Å². The van der Waals surface area contributed by atoms with Crippen molar-refractivity contribution in [3.63, 3.8) is 0 Å². The van der Waals surface area contributed by atoms with E-state index in [-0.39, 0.29) is 6.10 Å². The van der Waals surface area contributed by atoms with Crippen LogP contribution in [-0.2, 0) is 15.5 Å². The summed E-state index contributed by atoms with van der Waals surface area (Å²) in [6.45, 7) is 1.86. The smallest absolute Gasteiger partial charge is 0.0662 e. The van der Waals surface area contributed by atoms with Crippen LogP contribution in [0, 0.1) is 0 Å². The summed E-state index contributed by atoms with van der Waals surface area (Å²) >= 11 is 5.81. The highest BCUT2D eigenvalue weighted by Gasteiger charge is 2.12. The van der Waals surface area contributed by atoms with Crippen LogP contribution in [0.15, 0.2) is 23.1 Å². The van der Waals surface area contributed by atoms with Crippen LogP contribution in [-0.4, -0.2) is 23.2 Å². The molecule has 5 heteroatoms. The molecular weight excluding hydrogens is 234 g/mol. The van der Waals surface area contributed by atoms with E-state index < -0.39 is 10.8 Å². The molecular formula is C10H14ClNO2S. The Labute approximate surface area is 97.0 Å². The second-order valence-electron chi connectivity index (χ2n) is 3.24. The molecule has 0 aliphatic carbocycles. The first-order valence-corrected chi connectivity index (χ1v) is 6.20. The second kappa shape index (κ2) is 5.49. The van der Waals surface area contributed by atoms with Gasteiger partial charge in [-0.05, 0) is 25.1 Å². The van der Waals surface area contributed by atoms with Crippen LogP contribution < -0.4 is 5.73 Å². The molecule has 1 aromatic rings. The number of halogens is 1. The van der Waals surface area contributed by atoms with Gasteiger partial charge in [-0.3, -0.25) is 4.21 Å². The Hall–Kier alpha value is -0.580. The molecule has 0 heterocycles. The third-order valence-electron chi connectivity index (χ3n) is 2.01. The molecule has 0 spiro atoms. The molecule has 1 rings (SSSR count). The molecule has 1 aromatic carbocycles. The average molecular weight is 248 g/mol. The van der Waals surface area contributed by atoms with Crippen LogP contribution in [0.4, 0.5) is 5.69 Å². The molecule has 2 unspecified atom stereocenters. The quantitative estimate of drug-likeness (QED) is 0.829. The highest BCUT2D eigenvalue weighted by molar-refractivity contribution is 7.85. The lowest BCUT2D eigenvalue weighted by Gasteiger charge is -2.10. The van der Waals surface area contributed by atoms with Gasteiger partial charge in [0.25, 0.3) is 0 Å². The number of ether oxygens (including phenoxy) is 1. The van der Waals surface area contributed by atoms with Crippen molar-refractivity contribution in [3.05, 3.63) is 23.2 Å². The van der Waals surface area contributed by atoms with E-state index in [0.29, 0.717) is 21.4 Å². The normalized spacial score (nSPS) is 14.9. The maximum absolute atomic E-state index is 11.9. The van der Waals surface area contributed by atoms with E-state index in [9.17, 15) is 4.21 Å². The highest BCUT2D eigenvalue weighted by Crippen LogP contribution is 2.21. The lowest BCUT2D eigenvalue weighted by molar-refractivity contribution is 0.137. The summed E-state index contributed by atoms with van der Waals surface area (Å²) in [6, 6.07) is 4.97. The molecule has 0 bridgehead atoms. The van der Waals surface area contributed by atoms with Gasteiger partial charge in [-0.1, -0.05) is 11.6 Å². The number of methoxy groups -OCH3 is 1. The van der Waals surface area contributed by atoms with Crippen molar-refractivity contribution in [1.82, 2.24) is 0 Å². The molecule has 0 fully saturated rings. The third kappa shape index (κ3) is 3.48. The highest BCUT2D eigenvalue weighted by atomic mass is 35.5. The zero-order valence-electron chi connectivity index (χ0n) is 8.70. The zero-order chi connectivity index (χ0) is 11.4. The van der Waals surface area contributed by atoms with Gasteiger partial charge in [-0.15, -0.1) is 0 Å². The van der Waals surface area contributed by atoms with Crippen molar-refractivity contribution in [2.24, 2.45) is 0 Å². The Balaban J connectivity index is 2.86. The average Bonchev–Trinajstić information content (AvgIpc) is 2.21. The summed E-state index contributed by atoms with van der Waals surface area (Å²) in [6.07, 6.45) is -0.0655. The fourth-order valence-electron chi connectivity index (χ4n) is 1.08. The Morgan fingerprint density at radius 2 is 2.27 bits per heavy atom. The number of anilines is 1. The van der Waals surface area contributed by atoms with Crippen molar-refractivity contribution in [2.75, 3.05) is 18.6 Å². The third-order valence-corrected chi connectivity index (χ3v) is 3.86. The lowest BCUT2D eigenvalue weighted by Crippen LogP contribution is -2.16. The van der Waals surface area contributed by atoms with E-state index in [0.717, 1.165) is 0 Å². The molecule has 0 aromatic heterocycles. The van der Waals surface area contributed by atoms with Gasteiger partial charge in [0.2, 0.25) is 0 Å². The van der Waals surface area contributed by atoms with Gasteiger partial charge in [0.1, 0.15) is 0 Å². The van der Waals surface area contributed by atoms with Gasteiger partial charge in [0, 0.05) is 17.8 Å². The summed E-state index contributed by atoms with van der Waals surface area (Å²) in [5.41, 5.74) is 6.22. The first-order valence-electron chi connectivity index (χ1n) is 4.50. The summed E-state index contributed by atoms with van der Waals surface area (Å²) in [5.74, 6) is 0.418. The van der Waals surface area contributed by atoms with Gasteiger partial charge in [0.15, 0.2) is 0 Å². The van der Waals surface area contributed by atoms with Gasteiger partial charge < -0.3 is 10.5 Å². The summed E-state index contributed by atoms with van der Waals surface area (Å²) in [4.78, 5) is 0.575. The number of nitrogen functional groups attached to an aromatic ring is 1. The predicted molar refractivity (Wildman–Crippen MR) is 63.6 cm³/mol. The molecule has 0 radical (unpaired) electrons. The standard InChI is InChI=1S/C10H14ClNO2S/c1-7(14-2)6-15(13)10-5-8(11)3-4-9(10)12/h3-5,7H,6,12H2,1-2H3. The Morgan fingerprint density at radius 3 is 2.87 bits per heavy atom. The SMILES string of the molecule is COC(C)CS(=O)c1cc(Cl)ccc1N. The molecule has 3 nitrogen and oxygen atoms in total. The van der Waals surface area contributed by atoms with E-state index in [4.69, 9.17) is 22.1 Å². The van der Waals surface area contributed by atoms with Crippen LogP contribution in [0.5, 0.6) is 0 Å². The first-order chi connectivity index (χ1) is 7.04. The molecule has 0 saturated heterocycles. The van der Waals surface area contributed by atoms with E-state index in [1.807, 2.05) is 6.92 Å². The minimum atomic E-state index is -1.17. The maximum Gasteiger partial charge on any atom is 0.0662 e. The van der Waals surface area contributed by atoms with Crippen LogP contribution in [0.3, 0.4) is 0 Å². The van der Waals surface area contributed by atoms with E-state index in [1.54, 1.807) is 25.3 Å². The minimum absolute atomic E-state index is 0.0655. The van der Waals surface area contributed by atoms with Crippen LogP contribution in [0.25, 0.3) is 0 Å². The van der Waals surface area contributed by atoms with Gasteiger partial charge in [0.05, 0.1) is 27.6 Å². The number of rotatable bonds is 4. The minimum Gasteiger partial charge on any atom is -0.398 e. The zero-order valence-corrected chi connectivity index (χ0v) is 10.3. The summed E-state index contributed by atoms with van der Waals surface area (Å²) in [5, 5.41) is 0.539. The maximum atomic E-state index is 11.9. The molecule has 84 valence electrons. The molecule has 0 aliphatic heterocycles. The molecule has 15 heavy (non-hydrogen) atoms. The predicted octanol–water partition coefficient (Wildman–Crippen LogP) is 2.06. The van der Waals surface area contributed by atoms with Crippen molar-refractivity contribution < 1.29 is 8.95 Å². The monoisotopic (exact) mass is 247 g/mol. The van der Waals surface area contributed by atoms with Crippen LogP contribution in [0.2, 0.25) is 5.02 Å². The summed E-state index contributed by atoms with van der Waals surface area (Å²) in [7, 11) is 0.417. The number of benzene rings is 1. The first kappa shape index (κ1) is 12.5. The molecule has 2 N–H and O–H groups in total. The van der Waals surface area contributed by atoms with E-state index in [2.05, 4.69) is 0 Å². The van der Waals surface area contributed by atoms with Crippen LogP contribution >= 0.6 is 11.6 Å². The molecule has 0 amide bonds. The molecule has 0 aliphatic rings. The summed E-state index contributed by atoms with van der Waals surface area (Å²) < 4.78 is 16.9. The number of hydrogen-bond acceptors (Lipinski definition) is 3. The van der Waals surface area contributed by atoms with Crippen molar-refractivity contribution in [3.8, 4) is 0 Å². The fraction of sp³-hybridized carbons (Fsp3) is 0.400. The second-order valence-corrected chi connectivity index (χ2v) is 5.14. The molecule has 2 atom stereocenters. The number of hydrogen-bond donors (Lipinski definition) is 1. The fourth-order valence-corrected chi connectivity index (χ4v) is 2.64. The molecule has 0 saturated carbocycles. The largest absolute Gasteiger partial charge is 0.398 e. The lowest BCUT2D eigenvalue weighted by atomic mass is 10.3. The van der Waals surface area contributed by atoms with Crippen molar-refractivity contribution in [1.29, 1.82) is 0 Å². The Bertz CT molecular complexity index is 370. The van der Waals surface area contributed by atoms with Crippen molar-refractivity contribution >= 4 is 28.1 Å². The number of nitrogens with two attached hydrogens (primary N) is 1. The Morgan fingerprint density at radius 1 is 1.60 bits per heavy atom. The van der Waals surface area contributed by atoms with E-state index in [1.165, 1.54) is 0 Å². The van der Waals surface area contributed by atoms with Crippen LogP contribution in [0.1, 0.15) is 6.92 Å². The topological polar surface area (TPSA) is 52.3 Å².